The van der Waals surface area contributed by atoms with Crippen LogP contribution in [-0.4, -0.2) is 18.8 Å². The van der Waals surface area contributed by atoms with Crippen LogP contribution in [0.1, 0.15) is 29.7 Å². The monoisotopic (exact) mass is 331 g/mol. The quantitative estimate of drug-likeness (QED) is 0.724. The average Bonchev–Trinajstić information content (AvgIpc) is 3.05. The lowest BCUT2D eigenvalue weighted by molar-refractivity contribution is 0.358. The summed E-state index contributed by atoms with van der Waals surface area (Å²) in [6.45, 7) is 2.04. The van der Waals surface area contributed by atoms with Gasteiger partial charge in [-0.2, -0.15) is 10.5 Å². The summed E-state index contributed by atoms with van der Waals surface area (Å²) < 4.78 is 12.9. The van der Waals surface area contributed by atoms with Crippen molar-refractivity contribution in [3.05, 3.63) is 59.3 Å². The van der Waals surface area contributed by atoms with Crippen LogP contribution in [0.5, 0.6) is 11.5 Å². The number of aromatic nitrogens is 1. The topological polar surface area (TPSA) is 71.0 Å². The number of methoxy groups -OCH3 is 2. The van der Waals surface area contributed by atoms with Crippen molar-refractivity contribution in [2.24, 2.45) is 0 Å². The summed E-state index contributed by atoms with van der Waals surface area (Å²) in [6.07, 6.45) is 1.82. The van der Waals surface area contributed by atoms with Crippen LogP contribution in [0, 0.1) is 22.7 Å². The van der Waals surface area contributed by atoms with Crippen molar-refractivity contribution in [3.63, 3.8) is 0 Å². The Kier molecular flexibility index (Phi) is 4.33. The molecule has 5 nitrogen and oxygen atoms in total. The molecule has 0 aliphatic heterocycles. The van der Waals surface area contributed by atoms with E-state index >= 15 is 0 Å². The van der Waals surface area contributed by atoms with E-state index in [9.17, 15) is 5.26 Å². The van der Waals surface area contributed by atoms with Crippen molar-refractivity contribution in [2.75, 3.05) is 14.2 Å². The minimum atomic E-state index is -0.0454. The van der Waals surface area contributed by atoms with Crippen molar-refractivity contribution >= 4 is 10.9 Å². The molecule has 5 heteroatoms. The van der Waals surface area contributed by atoms with Gasteiger partial charge in [-0.3, -0.25) is 0 Å². The Morgan fingerprint density at radius 2 is 1.84 bits per heavy atom. The number of rotatable bonds is 4. The van der Waals surface area contributed by atoms with E-state index < -0.39 is 0 Å². The molecule has 0 aliphatic carbocycles. The maximum absolute atomic E-state index is 9.56. The lowest BCUT2D eigenvalue weighted by Crippen LogP contribution is -2.05. The van der Waals surface area contributed by atoms with E-state index in [2.05, 4.69) is 12.1 Å². The molecule has 0 N–H and O–H groups in total. The van der Waals surface area contributed by atoms with Crippen LogP contribution in [0.3, 0.4) is 0 Å². The Labute approximate surface area is 146 Å². The van der Waals surface area contributed by atoms with Crippen molar-refractivity contribution < 1.29 is 9.47 Å². The highest BCUT2D eigenvalue weighted by Gasteiger charge is 2.20. The summed E-state index contributed by atoms with van der Waals surface area (Å²) in [4.78, 5) is 0. The molecule has 3 aromatic rings. The molecular formula is C20H17N3O2. The molecule has 0 bridgehead atoms. The first-order chi connectivity index (χ1) is 12.1. The fourth-order valence-corrected chi connectivity index (χ4v) is 3.10. The highest BCUT2D eigenvalue weighted by molar-refractivity contribution is 5.94. The molecule has 0 amide bonds. The second-order valence-electron chi connectivity index (χ2n) is 5.67. The van der Waals surface area contributed by atoms with E-state index in [0.29, 0.717) is 22.6 Å². The van der Waals surface area contributed by atoms with Gasteiger partial charge in [-0.05, 0) is 36.8 Å². The van der Waals surface area contributed by atoms with Crippen LogP contribution in [0.4, 0.5) is 0 Å². The summed E-state index contributed by atoms with van der Waals surface area (Å²) in [5.41, 5.74) is 3.01. The highest BCUT2D eigenvalue weighted by atomic mass is 16.5. The van der Waals surface area contributed by atoms with Gasteiger partial charge >= 0.3 is 0 Å². The molecule has 0 fully saturated rings. The first kappa shape index (κ1) is 16.4. The largest absolute Gasteiger partial charge is 0.493 e. The normalized spacial score (nSPS) is 11.6. The number of ether oxygens (including phenoxy) is 2. The molecule has 25 heavy (non-hydrogen) atoms. The fourth-order valence-electron chi connectivity index (χ4n) is 3.10. The summed E-state index contributed by atoms with van der Waals surface area (Å²) in [7, 11) is 3.14. The Bertz CT molecular complexity index is 1020. The zero-order chi connectivity index (χ0) is 18.0. The Morgan fingerprint density at radius 1 is 1.04 bits per heavy atom. The molecule has 2 aromatic carbocycles. The van der Waals surface area contributed by atoms with Gasteiger partial charge in [0.15, 0.2) is 11.5 Å². The summed E-state index contributed by atoms with van der Waals surface area (Å²) in [5.74, 6) is 1.14. The van der Waals surface area contributed by atoms with E-state index in [0.717, 1.165) is 16.5 Å². The van der Waals surface area contributed by atoms with Gasteiger partial charge in [-0.1, -0.05) is 12.1 Å². The molecule has 0 radical (unpaired) electrons. The summed E-state index contributed by atoms with van der Waals surface area (Å²) in [6, 6.07) is 15.6. The molecule has 0 saturated heterocycles. The van der Waals surface area contributed by atoms with Gasteiger partial charge in [-0.25, -0.2) is 0 Å². The van der Waals surface area contributed by atoms with E-state index in [-0.39, 0.29) is 6.04 Å². The van der Waals surface area contributed by atoms with Gasteiger partial charge in [0.1, 0.15) is 6.07 Å². The second-order valence-corrected chi connectivity index (χ2v) is 5.67. The predicted molar refractivity (Wildman–Crippen MR) is 94.7 cm³/mol. The molecule has 0 aliphatic rings. The van der Waals surface area contributed by atoms with Crippen LogP contribution in [0.2, 0.25) is 0 Å². The molecule has 1 aromatic heterocycles. The number of fused-ring (bicyclic) bond motifs is 1. The number of hydrogen-bond donors (Lipinski definition) is 0. The molecule has 1 atom stereocenters. The third kappa shape index (κ3) is 2.66. The van der Waals surface area contributed by atoms with Gasteiger partial charge in [-0.15, -0.1) is 0 Å². The lowest BCUT2D eigenvalue weighted by Gasteiger charge is -2.17. The minimum Gasteiger partial charge on any atom is -0.493 e. The molecule has 124 valence electrons. The maximum Gasteiger partial charge on any atom is 0.171 e. The van der Waals surface area contributed by atoms with Crippen LogP contribution >= 0.6 is 0 Å². The first-order valence-electron chi connectivity index (χ1n) is 7.80. The van der Waals surface area contributed by atoms with Crippen LogP contribution < -0.4 is 9.47 Å². The third-order valence-electron chi connectivity index (χ3n) is 4.38. The second kappa shape index (κ2) is 6.59. The van der Waals surface area contributed by atoms with E-state index in [1.54, 1.807) is 20.3 Å². The molecular weight excluding hydrogens is 314 g/mol. The molecule has 0 unspecified atom stereocenters. The zero-order valence-corrected chi connectivity index (χ0v) is 14.3. The smallest absolute Gasteiger partial charge is 0.171 e. The van der Waals surface area contributed by atoms with Crippen molar-refractivity contribution in [1.82, 2.24) is 4.57 Å². The molecule has 0 saturated carbocycles. The average molecular weight is 331 g/mol. The van der Waals surface area contributed by atoms with E-state index in [1.807, 2.05) is 48.0 Å². The van der Waals surface area contributed by atoms with Gasteiger partial charge < -0.3 is 14.0 Å². The van der Waals surface area contributed by atoms with Crippen molar-refractivity contribution in [2.45, 2.75) is 13.0 Å². The first-order valence-corrected chi connectivity index (χ1v) is 7.80. The Hall–Kier alpha value is -3.44. The summed E-state index contributed by atoms with van der Waals surface area (Å²) >= 11 is 0. The standard InChI is InChI=1S/C20H17N3O2/c1-13(15-6-4-5-14(9-15)10-21)23-12-16(11-22)19-17(23)7-8-18(24-2)20(19)25-3/h4-9,12-13H,1-3H3/t13-/m1/s1. The van der Waals surface area contributed by atoms with Crippen LogP contribution in [0.15, 0.2) is 42.6 Å². The highest BCUT2D eigenvalue weighted by Crippen LogP contribution is 2.39. The number of hydrogen-bond acceptors (Lipinski definition) is 4. The Morgan fingerprint density at radius 3 is 2.48 bits per heavy atom. The van der Waals surface area contributed by atoms with Gasteiger partial charge in [0.05, 0.1) is 48.4 Å². The number of benzene rings is 2. The van der Waals surface area contributed by atoms with Crippen LogP contribution in [0.25, 0.3) is 10.9 Å². The number of nitrogens with zero attached hydrogens (tertiary/aromatic N) is 3. The molecule has 0 spiro atoms. The van der Waals surface area contributed by atoms with Gasteiger partial charge in [0, 0.05) is 6.20 Å². The third-order valence-corrected chi connectivity index (χ3v) is 4.38. The fraction of sp³-hybridized carbons (Fsp3) is 0.200. The van der Waals surface area contributed by atoms with Gasteiger partial charge in [0.2, 0.25) is 0 Å². The summed E-state index contributed by atoms with van der Waals surface area (Å²) in [5, 5.41) is 19.4. The molecule has 3 rings (SSSR count). The molecule has 1 heterocycles. The van der Waals surface area contributed by atoms with Crippen LogP contribution in [-0.2, 0) is 0 Å². The Balaban J connectivity index is 2.24. The minimum absolute atomic E-state index is 0.0454. The SMILES string of the molecule is COc1ccc2c(c(C#N)cn2[C@H](C)c2cccc(C#N)c2)c1OC. The lowest BCUT2D eigenvalue weighted by atomic mass is 10.1. The van der Waals surface area contributed by atoms with E-state index in [1.165, 1.54) is 0 Å². The zero-order valence-electron chi connectivity index (χ0n) is 14.3. The van der Waals surface area contributed by atoms with Gasteiger partial charge in [0.25, 0.3) is 0 Å². The van der Waals surface area contributed by atoms with Crippen molar-refractivity contribution in [1.29, 1.82) is 10.5 Å². The van der Waals surface area contributed by atoms with E-state index in [4.69, 9.17) is 14.7 Å². The maximum atomic E-state index is 9.56. The predicted octanol–water partition coefficient (Wildman–Crippen LogP) is 4.01. The van der Waals surface area contributed by atoms with Crippen molar-refractivity contribution in [3.8, 4) is 23.6 Å². The number of nitriles is 2.